The first-order valence-corrected chi connectivity index (χ1v) is 10.1. The Balaban J connectivity index is 1.56. The molecule has 1 aliphatic heterocycles. The molecule has 6 heteroatoms. The molecule has 25 heavy (non-hydrogen) atoms. The number of likely N-dealkylation sites (tertiary alicyclic amines) is 1. The quantitative estimate of drug-likeness (QED) is 0.420. The van der Waals surface area contributed by atoms with Crippen LogP contribution in [-0.4, -0.2) is 56.3 Å². The molecule has 0 radical (unpaired) electrons. The predicted octanol–water partition coefficient (Wildman–Crippen LogP) is 3.13. The van der Waals surface area contributed by atoms with E-state index in [1.807, 2.05) is 14.0 Å². The van der Waals surface area contributed by atoms with Crippen molar-refractivity contribution in [2.45, 2.75) is 70.8 Å². The number of nitrogens with one attached hydrogen (secondary N) is 2. The van der Waals surface area contributed by atoms with E-state index in [4.69, 9.17) is 4.74 Å². The van der Waals surface area contributed by atoms with E-state index in [-0.39, 0.29) is 6.09 Å². The fourth-order valence-corrected chi connectivity index (χ4v) is 3.87. The van der Waals surface area contributed by atoms with Crippen LogP contribution in [0.15, 0.2) is 4.99 Å². The summed E-state index contributed by atoms with van der Waals surface area (Å²) in [6.45, 7) is 4.75. The molecule has 0 spiro atoms. The molecular formula is C19H36N4O2. The molecule has 0 aromatic heterocycles. The maximum Gasteiger partial charge on any atom is 0.409 e. The minimum atomic E-state index is -0.189. The number of ether oxygens (including phenoxy) is 1. The lowest BCUT2D eigenvalue weighted by Gasteiger charge is -2.32. The van der Waals surface area contributed by atoms with Gasteiger partial charge >= 0.3 is 6.09 Å². The Labute approximate surface area is 152 Å². The number of guanidine groups is 1. The lowest BCUT2D eigenvalue weighted by atomic mass is 10.0. The molecule has 6 nitrogen and oxygen atoms in total. The number of hydrogen-bond donors (Lipinski definition) is 2. The van der Waals surface area contributed by atoms with E-state index in [0.29, 0.717) is 12.6 Å². The maximum absolute atomic E-state index is 11.7. The second-order valence-corrected chi connectivity index (χ2v) is 7.25. The SMILES string of the molecule is CCOC(=O)N1CCC(NC(=NC)NCCCCC2CCCC2)CC1. The van der Waals surface area contributed by atoms with E-state index in [9.17, 15) is 4.79 Å². The molecule has 0 aromatic rings. The number of piperidine rings is 1. The normalized spacial score (nSPS) is 19.9. The molecule has 1 amide bonds. The maximum atomic E-state index is 11.7. The lowest BCUT2D eigenvalue weighted by Crippen LogP contribution is -2.50. The zero-order chi connectivity index (χ0) is 17.9. The molecule has 0 unspecified atom stereocenters. The van der Waals surface area contributed by atoms with E-state index >= 15 is 0 Å². The topological polar surface area (TPSA) is 66.0 Å². The summed E-state index contributed by atoms with van der Waals surface area (Å²) in [6.07, 6.45) is 11.4. The molecule has 0 atom stereocenters. The van der Waals surface area contributed by atoms with E-state index in [1.54, 1.807) is 4.90 Å². The van der Waals surface area contributed by atoms with Gasteiger partial charge in [0.25, 0.3) is 0 Å². The molecule has 1 saturated carbocycles. The standard InChI is InChI=1S/C19H36N4O2/c1-3-25-19(24)23-14-11-17(12-15-23)22-18(20-2)21-13-7-6-10-16-8-4-5-9-16/h16-17H,3-15H2,1-2H3,(H2,20,21,22). The third-order valence-electron chi connectivity index (χ3n) is 5.39. The number of rotatable bonds is 7. The summed E-state index contributed by atoms with van der Waals surface area (Å²) in [5.41, 5.74) is 0. The summed E-state index contributed by atoms with van der Waals surface area (Å²) >= 11 is 0. The Hall–Kier alpha value is -1.46. The zero-order valence-corrected chi connectivity index (χ0v) is 16.1. The number of hydrogen-bond acceptors (Lipinski definition) is 3. The molecule has 0 bridgehead atoms. The van der Waals surface area contributed by atoms with E-state index < -0.39 is 0 Å². The smallest absolute Gasteiger partial charge is 0.409 e. The van der Waals surface area contributed by atoms with Gasteiger partial charge in [-0.2, -0.15) is 0 Å². The predicted molar refractivity (Wildman–Crippen MR) is 102 cm³/mol. The number of aliphatic imine (C=N–C) groups is 1. The molecule has 2 N–H and O–H groups in total. The highest BCUT2D eigenvalue weighted by molar-refractivity contribution is 5.80. The van der Waals surface area contributed by atoms with Crippen molar-refractivity contribution in [1.82, 2.24) is 15.5 Å². The monoisotopic (exact) mass is 352 g/mol. The Kier molecular flexibility index (Phi) is 8.91. The van der Waals surface area contributed by atoms with Crippen LogP contribution in [0.5, 0.6) is 0 Å². The van der Waals surface area contributed by atoms with Crippen molar-refractivity contribution in [3.8, 4) is 0 Å². The Morgan fingerprint density at radius 1 is 1.16 bits per heavy atom. The summed E-state index contributed by atoms with van der Waals surface area (Å²) in [7, 11) is 1.82. The third kappa shape index (κ3) is 7.12. The minimum absolute atomic E-state index is 0.189. The van der Waals surface area contributed by atoms with E-state index in [0.717, 1.165) is 44.4 Å². The highest BCUT2D eigenvalue weighted by Gasteiger charge is 2.24. The molecule has 1 aliphatic carbocycles. The van der Waals surface area contributed by atoms with Crippen molar-refractivity contribution in [3.63, 3.8) is 0 Å². The highest BCUT2D eigenvalue weighted by Crippen LogP contribution is 2.28. The second kappa shape index (κ2) is 11.2. The molecule has 0 aromatic carbocycles. The van der Waals surface area contributed by atoms with Crippen LogP contribution in [-0.2, 0) is 4.74 Å². The van der Waals surface area contributed by atoms with E-state index in [1.165, 1.54) is 44.9 Å². The summed E-state index contributed by atoms with van der Waals surface area (Å²) in [5.74, 6) is 1.87. The summed E-state index contributed by atoms with van der Waals surface area (Å²) in [6, 6.07) is 0.371. The van der Waals surface area contributed by atoms with Crippen LogP contribution >= 0.6 is 0 Å². The number of unbranched alkanes of at least 4 members (excludes halogenated alkanes) is 1. The summed E-state index contributed by atoms with van der Waals surface area (Å²) in [4.78, 5) is 17.9. The first kappa shape index (κ1) is 19.9. The van der Waals surface area contributed by atoms with Gasteiger partial charge in [-0.3, -0.25) is 4.99 Å². The third-order valence-corrected chi connectivity index (χ3v) is 5.39. The van der Waals surface area contributed by atoms with Crippen molar-refractivity contribution < 1.29 is 9.53 Å². The average molecular weight is 353 g/mol. The zero-order valence-electron chi connectivity index (χ0n) is 16.1. The minimum Gasteiger partial charge on any atom is -0.450 e. The van der Waals surface area contributed by atoms with Crippen LogP contribution in [0.2, 0.25) is 0 Å². The van der Waals surface area contributed by atoms with Crippen LogP contribution in [0.4, 0.5) is 4.79 Å². The molecule has 2 rings (SSSR count). The van der Waals surface area contributed by atoms with Gasteiger partial charge in [0.2, 0.25) is 0 Å². The van der Waals surface area contributed by atoms with Gasteiger partial charge in [-0.25, -0.2) is 4.79 Å². The van der Waals surface area contributed by atoms with Crippen LogP contribution in [0.25, 0.3) is 0 Å². The van der Waals surface area contributed by atoms with Crippen molar-refractivity contribution >= 4 is 12.1 Å². The Morgan fingerprint density at radius 3 is 2.52 bits per heavy atom. The number of carbonyl (C=O) groups is 1. The molecule has 1 saturated heterocycles. The number of carbonyl (C=O) groups excluding carboxylic acids is 1. The van der Waals surface area contributed by atoms with Gasteiger partial charge in [0.05, 0.1) is 6.61 Å². The van der Waals surface area contributed by atoms with Crippen molar-refractivity contribution in [1.29, 1.82) is 0 Å². The first-order valence-electron chi connectivity index (χ1n) is 10.1. The molecule has 2 fully saturated rings. The van der Waals surface area contributed by atoms with Crippen LogP contribution in [0, 0.1) is 5.92 Å². The van der Waals surface area contributed by atoms with Crippen LogP contribution < -0.4 is 10.6 Å². The van der Waals surface area contributed by atoms with Gasteiger partial charge in [-0.15, -0.1) is 0 Å². The largest absolute Gasteiger partial charge is 0.450 e. The summed E-state index contributed by atoms with van der Waals surface area (Å²) < 4.78 is 5.06. The second-order valence-electron chi connectivity index (χ2n) is 7.25. The average Bonchev–Trinajstić information content (AvgIpc) is 3.14. The lowest BCUT2D eigenvalue weighted by molar-refractivity contribution is 0.0963. The fraction of sp³-hybridized carbons (Fsp3) is 0.895. The van der Waals surface area contributed by atoms with Crippen molar-refractivity contribution in [3.05, 3.63) is 0 Å². The van der Waals surface area contributed by atoms with Gasteiger partial charge in [-0.05, 0) is 32.1 Å². The van der Waals surface area contributed by atoms with Gasteiger partial charge in [-0.1, -0.05) is 38.5 Å². The van der Waals surface area contributed by atoms with Crippen LogP contribution in [0.1, 0.15) is 64.7 Å². The van der Waals surface area contributed by atoms with Crippen LogP contribution in [0.3, 0.4) is 0 Å². The van der Waals surface area contributed by atoms with Gasteiger partial charge < -0.3 is 20.3 Å². The number of nitrogens with zero attached hydrogens (tertiary/aromatic N) is 2. The number of amides is 1. The van der Waals surface area contributed by atoms with E-state index in [2.05, 4.69) is 15.6 Å². The van der Waals surface area contributed by atoms with Gasteiger partial charge in [0, 0.05) is 32.7 Å². The van der Waals surface area contributed by atoms with Gasteiger partial charge in [0.1, 0.15) is 0 Å². The Bertz CT molecular complexity index is 414. The van der Waals surface area contributed by atoms with Crippen molar-refractivity contribution in [2.75, 3.05) is 33.3 Å². The van der Waals surface area contributed by atoms with Gasteiger partial charge in [0.15, 0.2) is 5.96 Å². The molecule has 2 aliphatic rings. The Morgan fingerprint density at radius 2 is 1.88 bits per heavy atom. The molecule has 144 valence electrons. The summed E-state index contributed by atoms with van der Waals surface area (Å²) in [5, 5.41) is 6.92. The first-order chi connectivity index (χ1) is 12.2. The molecule has 1 heterocycles. The molecular weight excluding hydrogens is 316 g/mol. The van der Waals surface area contributed by atoms with Crippen molar-refractivity contribution in [2.24, 2.45) is 10.9 Å². The highest BCUT2D eigenvalue weighted by atomic mass is 16.6. The fourth-order valence-electron chi connectivity index (χ4n) is 3.87.